The van der Waals surface area contributed by atoms with Crippen LogP contribution < -0.4 is 19.5 Å². The largest absolute Gasteiger partial charge is 0.493 e. The molecule has 0 bridgehead atoms. The molecule has 6 nitrogen and oxygen atoms in total. The molecule has 0 atom stereocenters. The third kappa shape index (κ3) is 2.88. The monoisotopic (exact) mass is 329 g/mol. The van der Waals surface area contributed by atoms with Crippen LogP contribution in [0.4, 0.5) is 15.9 Å². The summed E-state index contributed by atoms with van der Waals surface area (Å²) in [6.07, 6.45) is 1.38. The molecule has 0 radical (unpaired) electrons. The van der Waals surface area contributed by atoms with Gasteiger partial charge in [0.1, 0.15) is 18.0 Å². The first-order valence-corrected chi connectivity index (χ1v) is 7.13. The number of nitrogens with zero attached hydrogens (tertiary/aromatic N) is 2. The van der Waals surface area contributed by atoms with Crippen LogP contribution in [0.2, 0.25) is 0 Å². The molecule has 0 unspecified atom stereocenters. The van der Waals surface area contributed by atoms with Gasteiger partial charge in [-0.2, -0.15) is 0 Å². The summed E-state index contributed by atoms with van der Waals surface area (Å²) in [6, 6.07) is 7.88. The zero-order chi connectivity index (χ0) is 17.1. The van der Waals surface area contributed by atoms with E-state index in [0.717, 1.165) is 0 Å². The van der Waals surface area contributed by atoms with Crippen molar-refractivity contribution in [3.8, 4) is 17.2 Å². The van der Waals surface area contributed by atoms with Crippen LogP contribution in [0.3, 0.4) is 0 Å². The van der Waals surface area contributed by atoms with Crippen molar-refractivity contribution in [2.24, 2.45) is 0 Å². The van der Waals surface area contributed by atoms with Crippen molar-refractivity contribution in [1.29, 1.82) is 0 Å². The van der Waals surface area contributed by atoms with Crippen molar-refractivity contribution in [1.82, 2.24) is 9.97 Å². The Bertz CT molecular complexity index is 861. The molecule has 0 amide bonds. The maximum absolute atomic E-state index is 13.3. The molecular formula is C17H16FN3O3. The number of anilines is 2. The topological polar surface area (TPSA) is 65.5 Å². The molecular weight excluding hydrogens is 313 g/mol. The average Bonchev–Trinajstić information content (AvgIpc) is 2.60. The fourth-order valence-corrected chi connectivity index (χ4v) is 2.42. The Morgan fingerprint density at radius 2 is 1.62 bits per heavy atom. The second-order valence-electron chi connectivity index (χ2n) is 4.92. The number of methoxy groups -OCH3 is 3. The highest BCUT2D eigenvalue weighted by molar-refractivity contribution is 5.90. The first-order valence-electron chi connectivity index (χ1n) is 7.13. The van der Waals surface area contributed by atoms with E-state index < -0.39 is 0 Å². The molecule has 0 saturated heterocycles. The standard InChI is InChI=1S/C17H16FN3O3/c1-22-14-7-11(8-15(23-2)16(14)24-3)21-17-12-5-4-10(18)6-13(12)19-9-20-17/h4-9H,1-3H3,(H,19,20,21). The van der Waals surface area contributed by atoms with Crippen LogP contribution in [0, 0.1) is 5.82 Å². The van der Waals surface area contributed by atoms with E-state index in [2.05, 4.69) is 15.3 Å². The molecule has 3 aromatic rings. The molecule has 0 aliphatic carbocycles. The van der Waals surface area contributed by atoms with Crippen LogP contribution in [-0.2, 0) is 0 Å². The number of hydrogen-bond donors (Lipinski definition) is 1. The van der Waals surface area contributed by atoms with Gasteiger partial charge in [0.25, 0.3) is 0 Å². The number of benzene rings is 2. The number of nitrogens with one attached hydrogen (secondary N) is 1. The molecule has 1 N–H and O–H groups in total. The number of hydrogen-bond acceptors (Lipinski definition) is 6. The third-order valence-corrected chi connectivity index (χ3v) is 3.53. The smallest absolute Gasteiger partial charge is 0.203 e. The van der Waals surface area contributed by atoms with Gasteiger partial charge in [-0.15, -0.1) is 0 Å². The molecule has 1 heterocycles. The lowest BCUT2D eigenvalue weighted by Gasteiger charge is -2.15. The first kappa shape index (κ1) is 15.8. The lowest BCUT2D eigenvalue weighted by molar-refractivity contribution is 0.324. The fraction of sp³-hybridized carbons (Fsp3) is 0.176. The summed E-state index contributed by atoms with van der Waals surface area (Å²) in [5.41, 5.74) is 1.20. The summed E-state index contributed by atoms with van der Waals surface area (Å²) in [7, 11) is 4.63. The fourth-order valence-electron chi connectivity index (χ4n) is 2.42. The van der Waals surface area contributed by atoms with Gasteiger partial charge in [0, 0.05) is 29.3 Å². The normalized spacial score (nSPS) is 10.5. The lowest BCUT2D eigenvalue weighted by atomic mass is 10.2. The van der Waals surface area contributed by atoms with E-state index >= 15 is 0 Å². The number of fused-ring (bicyclic) bond motifs is 1. The van der Waals surface area contributed by atoms with Crippen molar-refractivity contribution >= 4 is 22.4 Å². The van der Waals surface area contributed by atoms with Crippen LogP contribution in [0.25, 0.3) is 10.9 Å². The molecule has 0 aliphatic rings. The van der Waals surface area contributed by atoms with E-state index in [1.807, 2.05) is 0 Å². The van der Waals surface area contributed by atoms with E-state index in [1.165, 1.54) is 18.5 Å². The molecule has 7 heteroatoms. The highest BCUT2D eigenvalue weighted by Gasteiger charge is 2.14. The lowest BCUT2D eigenvalue weighted by Crippen LogP contribution is -2.00. The number of rotatable bonds is 5. The van der Waals surface area contributed by atoms with E-state index in [9.17, 15) is 4.39 Å². The van der Waals surface area contributed by atoms with Crippen LogP contribution in [0.5, 0.6) is 17.2 Å². The van der Waals surface area contributed by atoms with Crippen molar-refractivity contribution in [3.63, 3.8) is 0 Å². The minimum atomic E-state index is -0.347. The van der Waals surface area contributed by atoms with Gasteiger partial charge in [-0.05, 0) is 12.1 Å². The first-order chi connectivity index (χ1) is 11.7. The van der Waals surface area contributed by atoms with Gasteiger partial charge >= 0.3 is 0 Å². The van der Waals surface area contributed by atoms with Gasteiger partial charge in [0.05, 0.1) is 26.8 Å². The van der Waals surface area contributed by atoms with Gasteiger partial charge in [-0.3, -0.25) is 0 Å². The highest BCUT2D eigenvalue weighted by Crippen LogP contribution is 2.40. The van der Waals surface area contributed by atoms with Gasteiger partial charge in [-0.25, -0.2) is 14.4 Å². The number of aromatic nitrogens is 2. The average molecular weight is 329 g/mol. The molecule has 1 aromatic heterocycles. The summed E-state index contributed by atoms with van der Waals surface area (Å²) in [4.78, 5) is 8.31. The Hall–Kier alpha value is -3.09. The summed E-state index contributed by atoms with van der Waals surface area (Å²) in [5.74, 6) is 1.74. The Balaban J connectivity index is 2.05. The molecule has 24 heavy (non-hydrogen) atoms. The van der Waals surface area contributed by atoms with Crippen molar-refractivity contribution in [2.75, 3.05) is 26.6 Å². The summed E-state index contributed by atoms with van der Waals surface area (Å²) in [5, 5.41) is 3.88. The highest BCUT2D eigenvalue weighted by atomic mass is 19.1. The SMILES string of the molecule is COc1cc(Nc2ncnc3cc(F)ccc23)cc(OC)c1OC. The zero-order valence-electron chi connectivity index (χ0n) is 13.5. The van der Waals surface area contributed by atoms with Gasteiger partial charge in [0.2, 0.25) is 5.75 Å². The molecule has 0 spiro atoms. The van der Waals surface area contributed by atoms with Crippen LogP contribution >= 0.6 is 0 Å². The number of ether oxygens (including phenoxy) is 3. The van der Waals surface area contributed by atoms with Crippen molar-refractivity contribution < 1.29 is 18.6 Å². The molecule has 0 fully saturated rings. The van der Waals surface area contributed by atoms with Gasteiger partial charge in [0.15, 0.2) is 11.5 Å². The summed E-state index contributed by atoms with van der Waals surface area (Å²) >= 11 is 0. The van der Waals surface area contributed by atoms with Crippen molar-refractivity contribution in [3.05, 3.63) is 42.5 Å². The van der Waals surface area contributed by atoms with E-state index in [0.29, 0.717) is 39.7 Å². The molecule has 2 aromatic carbocycles. The summed E-state index contributed by atoms with van der Waals surface area (Å²) < 4.78 is 29.3. The molecule has 0 saturated carbocycles. The zero-order valence-corrected chi connectivity index (χ0v) is 13.5. The van der Waals surface area contributed by atoms with E-state index in [-0.39, 0.29) is 5.82 Å². The van der Waals surface area contributed by atoms with Crippen molar-refractivity contribution in [2.45, 2.75) is 0 Å². The summed E-state index contributed by atoms with van der Waals surface area (Å²) in [6.45, 7) is 0. The molecule has 0 aliphatic heterocycles. The third-order valence-electron chi connectivity index (χ3n) is 3.53. The van der Waals surface area contributed by atoms with Gasteiger partial charge < -0.3 is 19.5 Å². The Labute approximate surface area is 138 Å². The second-order valence-corrected chi connectivity index (χ2v) is 4.92. The Kier molecular flexibility index (Phi) is 4.33. The molecule has 124 valence electrons. The predicted molar refractivity (Wildman–Crippen MR) is 88.9 cm³/mol. The van der Waals surface area contributed by atoms with Crippen LogP contribution in [0.1, 0.15) is 0 Å². The van der Waals surface area contributed by atoms with E-state index in [1.54, 1.807) is 39.5 Å². The van der Waals surface area contributed by atoms with Crippen LogP contribution in [0.15, 0.2) is 36.7 Å². The minimum Gasteiger partial charge on any atom is -0.493 e. The maximum Gasteiger partial charge on any atom is 0.203 e. The maximum atomic E-state index is 13.3. The van der Waals surface area contributed by atoms with Gasteiger partial charge in [-0.1, -0.05) is 0 Å². The molecule has 3 rings (SSSR count). The Morgan fingerprint density at radius 1 is 0.917 bits per heavy atom. The minimum absolute atomic E-state index is 0.347. The van der Waals surface area contributed by atoms with E-state index in [4.69, 9.17) is 14.2 Å². The number of halogens is 1. The van der Waals surface area contributed by atoms with Crippen LogP contribution in [-0.4, -0.2) is 31.3 Å². The predicted octanol–water partition coefficient (Wildman–Crippen LogP) is 3.54. The Morgan fingerprint density at radius 3 is 2.25 bits per heavy atom. The second kappa shape index (κ2) is 6.57. The quantitative estimate of drug-likeness (QED) is 0.772.